The molecule has 5 fully saturated rings. The van der Waals surface area contributed by atoms with Crippen molar-refractivity contribution in [3.05, 3.63) is 224 Å². The van der Waals surface area contributed by atoms with Gasteiger partial charge in [0, 0.05) is 92.6 Å². The normalized spacial score (nSPS) is 21.6. The van der Waals surface area contributed by atoms with Crippen LogP contribution in [-0.4, -0.2) is 212 Å². The number of nitrogens with one attached hydrogen (secondary N) is 3. The molecule has 14 rings (SSSR count). The highest BCUT2D eigenvalue weighted by Gasteiger charge is 2.57. The van der Waals surface area contributed by atoms with Gasteiger partial charge in [-0.05, 0) is 263 Å². The van der Waals surface area contributed by atoms with E-state index in [0.29, 0.717) is 65.6 Å². The predicted octanol–water partition coefficient (Wildman–Crippen LogP) is 16.0. The van der Waals surface area contributed by atoms with Crippen molar-refractivity contribution in [1.29, 1.82) is 0 Å². The second-order valence-corrected chi connectivity index (χ2v) is 39.8. The van der Waals surface area contributed by atoms with Crippen LogP contribution in [0.3, 0.4) is 0 Å². The van der Waals surface area contributed by atoms with Gasteiger partial charge >= 0.3 is 35.2 Å². The number of ether oxygens (including phenoxy) is 12. The van der Waals surface area contributed by atoms with Gasteiger partial charge in [-0.3, -0.25) is 14.4 Å². The van der Waals surface area contributed by atoms with E-state index in [-0.39, 0.29) is 113 Å². The molecule has 3 saturated heterocycles. The minimum atomic E-state index is -1.47. The number of hydrogen-bond donors (Lipinski definition) is 12. The van der Waals surface area contributed by atoms with E-state index in [1.807, 2.05) is 66.7 Å². The molecule has 12 N–H and O–H groups in total. The first-order valence-corrected chi connectivity index (χ1v) is 48.9. The number of alkyl carbamates (subject to hydrolysis) is 3. The zero-order valence-electron chi connectivity index (χ0n) is 85.8. The van der Waals surface area contributed by atoms with E-state index in [0.717, 1.165) is 74.5 Å². The SMILES string of the molecule is CCCNC(=O)O[C@H]1[C@@H](O)[C@H](Oc2ccc3c(O)c(CC(=O)c4ccc(O)c(CC=C(C)C)c4)c(=O)oc3c2C)OC(C)(C)[C@@H]1OC.CO[C@@H]1[C@@H](O)[C@@H](OC(=O)NC2CCCC2)[C@H](Oc2ccc3c(O)c(CC(=O)c4ccc(O)c(CC=C(C)C)c4)c(=O)oc3c2C)OC1(C)C.CO[C@@H]1[C@@H](OC(=O)NC2CCCCC2)[C@@H](O)[C@H](Oc2ccc3c(O)c(CC(=O)c4ccc(O)c(CC=C(C)C)c4)c(=O)oc3c2C)OC1(C)C. The molecule has 0 spiro atoms. The smallest absolute Gasteiger partial charge is 0.407 e. The predicted molar refractivity (Wildman–Crippen MR) is 538 cm³/mol. The van der Waals surface area contributed by atoms with E-state index in [1.165, 1.54) is 94.1 Å². The van der Waals surface area contributed by atoms with Gasteiger partial charge in [0.15, 0.2) is 47.9 Å². The highest BCUT2D eigenvalue weighted by atomic mass is 16.7. The summed E-state index contributed by atoms with van der Waals surface area (Å²) in [5.74, 6) is -1.86. The molecule has 3 aromatic heterocycles. The van der Waals surface area contributed by atoms with E-state index < -0.39 is 180 Å². The Morgan fingerprint density at radius 1 is 0.397 bits per heavy atom. The van der Waals surface area contributed by atoms with Crippen molar-refractivity contribution < 1.29 is 145 Å². The maximum Gasteiger partial charge on any atom is 0.407 e. The number of phenols is 3. The lowest BCUT2D eigenvalue weighted by atomic mass is 9.89. The van der Waals surface area contributed by atoms with Crippen LogP contribution < -0.4 is 47.0 Å². The molecule has 146 heavy (non-hydrogen) atoms. The zero-order chi connectivity index (χ0) is 107. The highest BCUT2D eigenvalue weighted by molar-refractivity contribution is 6.01. The minimum absolute atomic E-state index is 0.00231. The molecule has 6 aromatic carbocycles. The van der Waals surface area contributed by atoms with E-state index in [4.69, 9.17) is 70.1 Å². The van der Waals surface area contributed by atoms with Gasteiger partial charge < -0.3 is 132 Å². The Bertz CT molecular complexity index is 6570. The molecular formula is C110H135N3O33. The summed E-state index contributed by atoms with van der Waals surface area (Å²) in [6.45, 7) is 29.0. The van der Waals surface area contributed by atoms with E-state index in [1.54, 1.807) is 80.5 Å². The number of ketones is 3. The highest BCUT2D eigenvalue weighted by Crippen LogP contribution is 2.44. The van der Waals surface area contributed by atoms with Gasteiger partial charge in [-0.25, -0.2) is 28.8 Å². The Kier molecular flexibility index (Phi) is 36.7. The second-order valence-electron chi connectivity index (χ2n) is 39.8. The van der Waals surface area contributed by atoms with Gasteiger partial charge in [0.25, 0.3) is 0 Å². The third-order valence-electron chi connectivity index (χ3n) is 26.8. The van der Waals surface area contributed by atoms with Crippen LogP contribution in [0.4, 0.5) is 14.4 Å². The molecule has 0 unspecified atom stereocenters. The number of aliphatic hydroxyl groups excluding tert-OH is 3. The van der Waals surface area contributed by atoms with Gasteiger partial charge in [0.1, 0.15) is 92.9 Å². The first-order valence-electron chi connectivity index (χ1n) is 48.9. The molecule has 2 saturated carbocycles. The van der Waals surface area contributed by atoms with Crippen molar-refractivity contribution in [3.8, 4) is 51.7 Å². The van der Waals surface area contributed by atoms with Gasteiger partial charge in [0.2, 0.25) is 18.9 Å². The number of benzene rings is 6. The van der Waals surface area contributed by atoms with Gasteiger partial charge in [-0.15, -0.1) is 0 Å². The number of methoxy groups -OCH3 is 3. The van der Waals surface area contributed by atoms with Crippen molar-refractivity contribution in [3.63, 3.8) is 0 Å². The Labute approximate surface area is 844 Å². The van der Waals surface area contributed by atoms with Crippen LogP contribution in [0.2, 0.25) is 0 Å². The summed E-state index contributed by atoms with van der Waals surface area (Å²) < 4.78 is 87.2. The van der Waals surface area contributed by atoms with Crippen LogP contribution in [0.1, 0.15) is 235 Å². The number of fused-ring (bicyclic) bond motifs is 3. The summed E-state index contributed by atoms with van der Waals surface area (Å²) in [4.78, 5) is 117. The summed E-state index contributed by atoms with van der Waals surface area (Å²) in [5, 5.41) is 107. The second kappa shape index (κ2) is 48.0. The topological polar surface area (TPSA) is 522 Å². The van der Waals surface area contributed by atoms with Crippen LogP contribution in [0.15, 0.2) is 154 Å². The summed E-state index contributed by atoms with van der Waals surface area (Å²) in [6, 6.07) is 22.3. The van der Waals surface area contributed by atoms with Gasteiger partial charge in [-0.1, -0.05) is 74.0 Å². The molecular weight excluding hydrogens is 1890 g/mol. The number of aryl methyl sites for hydroxylation is 3. The number of aromatic hydroxyl groups is 6. The molecule has 36 heteroatoms. The zero-order valence-corrected chi connectivity index (χ0v) is 85.8. The summed E-state index contributed by atoms with van der Waals surface area (Å²) >= 11 is 0. The molecule has 0 radical (unpaired) electrons. The quantitative estimate of drug-likeness (QED) is 0.00831. The third-order valence-corrected chi connectivity index (χ3v) is 26.8. The van der Waals surface area contributed by atoms with Crippen LogP contribution in [0, 0.1) is 20.8 Å². The number of allylic oxidation sites excluding steroid dienone is 6. The number of carbonyl (C=O) groups is 6. The van der Waals surface area contributed by atoms with E-state index in [2.05, 4.69) is 16.0 Å². The van der Waals surface area contributed by atoms with Gasteiger partial charge in [0.05, 0.1) is 49.7 Å². The lowest BCUT2D eigenvalue weighted by Crippen LogP contribution is -2.65. The molecule has 0 bridgehead atoms. The minimum Gasteiger partial charge on any atom is -0.508 e. The van der Waals surface area contributed by atoms with Crippen LogP contribution in [-0.2, 0) is 81.2 Å². The number of phenolic OH excluding ortho intramolecular Hbond substituents is 3. The van der Waals surface area contributed by atoms with E-state index >= 15 is 0 Å². The lowest BCUT2D eigenvalue weighted by molar-refractivity contribution is -0.305. The first kappa shape index (κ1) is 112. The van der Waals surface area contributed by atoms with Gasteiger partial charge in [-0.2, -0.15) is 0 Å². The largest absolute Gasteiger partial charge is 0.508 e. The first-order chi connectivity index (χ1) is 69.1. The molecule has 12 atom stereocenters. The maximum atomic E-state index is 13.2. The van der Waals surface area contributed by atoms with Crippen molar-refractivity contribution in [2.75, 3.05) is 27.9 Å². The van der Waals surface area contributed by atoms with Crippen molar-refractivity contribution in [2.45, 2.75) is 316 Å². The molecule has 3 aliphatic heterocycles. The van der Waals surface area contributed by atoms with E-state index in [9.17, 15) is 89.1 Å². The third kappa shape index (κ3) is 26.3. The van der Waals surface area contributed by atoms with Crippen LogP contribution in [0.5, 0.6) is 51.7 Å². The van der Waals surface area contributed by atoms with Crippen molar-refractivity contribution >= 4 is 68.5 Å². The van der Waals surface area contributed by atoms with Crippen LogP contribution >= 0.6 is 0 Å². The average molecular weight is 2030 g/mol. The fraction of sp³-hybridized carbons (Fsp3) is 0.482. The molecule has 788 valence electrons. The lowest BCUT2D eigenvalue weighted by Gasteiger charge is -2.47. The summed E-state index contributed by atoms with van der Waals surface area (Å²) in [5.41, 5.74) is 0.167. The molecule has 6 heterocycles. The molecule has 2 aliphatic carbocycles. The Morgan fingerprint density at radius 2 is 0.699 bits per heavy atom. The van der Waals surface area contributed by atoms with Crippen molar-refractivity contribution in [1.82, 2.24) is 16.0 Å². The Balaban J connectivity index is 0.000000195. The van der Waals surface area contributed by atoms with Crippen LogP contribution in [0.25, 0.3) is 32.9 Å². The summed E-state index contributed by atoms with van der Waals surface area (Å²) in [6.07, 6.45) is -1.31. The molecule has 9 aromatic rings. The summed E-state index contributed by atoms with van der Waals surface area (Å²) in [7, 11) is 4.28. The molecule has 3 amide bonds. The number of carbonyl (C=O) groups excluding carboxylic acids is 6. The Morgan fingerprint density at radius 3 is 1.02 bits per heavy atom. The molecule has 5 aliphatic rings. The average Bonchev–Trinajstić information content (AvgIpc) is 0.778. The number of hydrogen-bond acceptors (Lipinski definition) is 33. The monoisotopic (exact) mass is 2030 g/mol. The fourth-order valence-electron chi connectivity index (χ4n) is 18.7. The number of aliphatic hydroxyl groups is 3. The number of Topliss-reactive ketones (excluding diaryl/α,β-unsaturated/α-hetero) is 3. The number of amides is 3. The number of rotatable bonds is 31. The Hall–Kier alpha value is -13.2. The molecule has 36 nitrogen and oxygen atoms in total. The van der Waals surface area contributed by atoms with Crippen molar-refractivity contribution in [2.24, 2.45) is 0 Å². The standard InChI is InChI=1S/C38H47NO11.C37H45NO11.C35H43NO11/c1-20(2)12-13-22-18-23(14-16-27(22)40)28(41)19-26-30(42)25-15-17-29(21(3)32(25)48-35(26)44)47-36-31(43)33(34(46-6)38(4,5)50-36)49-37(45)39-24-10-8-7-9-11-24;1-19(2)11-12-21-17-22(13-15-26(21)39)27(40)18-25-29(41)24-14-16-28(20(3)31(24)47-34(25)43)46-35-32(30(42)33(45-6)37(4,5)49-35)48-36(44)38-23-9-7-8-10-23;1-8-15-36-34(42)46-30-28(40)33(47-35(5,6)31(30)43-7)44-26-14-12-22-27(39)23(32(41)45-29(22)19(26)4)17-25(38)21-11-13-24(37)20(16-21)10-9-18(2)3/h12,14-18,24,31,33-34,36,40,42-43H,7-11,13,19H2,1-6H3,(H,39,45);11,13-17,23,30,32-33,35,39,41-42H,7-10,12,18H2,1-6H3,(H,38,44);9,11-14,16,28,30-31,33,37,39-40H,8,10,15,17H2,1-7H3,(H,36,42)/t31-,33+,34-,36-;30-,32+,33+,35+;28-,30+,31-,33-/m101/s1. The fourth-order valence-corrected chi connectivity index (χ4v) is 18.7. The maximum absolute atomic E-state index is 13.2.